The minimum Gasteiger partial charge on any atom is -0.452 e. The number of fused-ring (bicyclic) bond motifs is 2. The van der Waals surface area contributed by atoms with Gasteiger partial charge in [0.25, 0.3) is 5.91 Å². The maximum Gasteiger partial charge on any atom is 0.342 e. The Labute approximate surface area is 199 Å². The number of hydrogen-bond acceptors (Lipinski definition) is 7. The number of ketones is 2. The molecule has 1 N–H and O–H groups in total. The Morgan fingerprint density at radius 3 is 2.31 bits per heavy atom. The zero-order valence-electron chi connectivity index (χ0n) is 18.5. The molecule has 0 saturated heterocycles. The van der Waals surface area contributed by atoms with E-state index in [1.807, 2.05) is 0 Å². The van der Waals surface area contributed by atoms with Crippen molar-refractivity contribution < 1.29 is 23.9 Å². The monoisotopic (exact) mass is 466 g/mol. The van der Waals surface area contributed by atoms with Crippen LogP contribution in [0.25, 0.3) is 5.82 Å². The average molecular weight is 466 g/mol. The van der Waals surface area contributed by atoms with Crippen molar-refractivity contribution in [1.82, 2.24) is 14.8 Å². The molecular formula is C26H18N4O5. The van der Waals surface area contributed by atoms with Crippen LogP contribution >= 0.6 is 0 Å². The normalized spacial score (nSPS) is 12.0. The van der Waals surface area contributed by atoms with Gasteiger partial charge in [0.05, 0.1) is 11.9 Å². The molecule has 5 rings (SSSR count). The molecule has 0 aliphatic heterocycles. The summed E-state index contributed by atoms with van der Waals surface area (Å²) in [6.45, 7) is 1.15. The van der Waals surface area contributed by atoms with Crippen molar-refractivity contribution in [2.75, 3.05) is 11.9 Å². The number of nitrogens with zero attached hydrogens (tertiary/aromatic N) is 3. The van der Waals surface area contributed by atoms with Crippen LogP contribution < -0.4 is 5.32 Å². The van der Waals surface area contributed by atoms with Crippen LogP contribution in [0.15, 0.2) is 73.1 Å². The van der Waals surface area contributed by atoms with Crippen molar-refractivity contribution in [3.63, 3.8) is 0 Å². The summed E-state index contributed by atoms with van der Waals surface area (Å²) >= 11 is 0. The van der Waals surface area contributed by atoms with Crippen LogP contribution in [-0.2, 0) is 9.53 Å². The molecule has 0 unspecified atom stereocenters. The number of ether oxygens (including phenoxy) is 1. The van der Waals surface area contributed by atoms with Crippen LogP contribution in [-0.4, -0.2) is 44.8 Å². The largest absolute Gasteiger partial charge is 0.452 e. The average Bonchev–Trinajstić information content (AvgIpc) is 3.27. The predicted molar refractivity (Wildman–Crippen MR) is 125 cm³/mol. The Kier molecular flexibility index (Phi) is 5.50. The molecule has 0 radical (unpaired) electrons. The topological polar surface area (TPSA) is 120 Å². The van der Waals surface area contributed by atoms with E-state index in [4.69, 9.17) is 4.74 Å². The second-order valence-corrected chi connectivity index (χ2v) is 7.83. The van der Waals surface area contributed by atoms with E-state index in [0.29, 0.717) is 28.3 Å². The van der Waals surface area contributed by atoms with E-state index in [9.17, 15) is 19.2 Å². The first-order valence-corrected chi connectivity index (χ1v) is 10.7. The van der Waals surface area contributed by atoms with Gasteiger partial charge >= 0.3 is 5.97 Å². The van der Waals surface area contributed by atoms with Crippen molar-refractivity contribution in [3.8, 4) is 5.82 Å². The molecule has 9 nitrogen and oxygen atoms in total. The summed E-state index contributed by atoms with van der Waals surface area (Å²) in [6.07, 6.45) is 2.97. The molecule has 0 saturated carbocycles. The van der Waals surface area contributed by atoms with Crippen LogP contribution in [0.2, 0.25) is 0 Å². The number of pyridine rings is 1. The van der Waals surface area contributed by atoms with Crippen LogP contribution in [0.5, 0.6) is 0 Å². The van der Waals surface area contributed by atoms with E-state index in [1.165, 1.54) is 29.1 Å². The van der Waals surface area contributed by atoms with Gasteiger partial charge in [-0.25, -0.2) is 14.5 Å². The summed E-state index contributed by atoms with van der Waals surface area (Å²) in [5.74, 6) is -1.29. The zero-order chi connectivity index (χ0) is 24.5. The van der Waals surface area contributed by atoms with Gasteiger partial charge in [-0.15, -0.1) is 0 Å². The van der Waals surface area contributed by atoms with Gasteiger partial charge in [-0.3, -0.25) is 14.4 Å². The summed E-state index contributed by atoms with van der Waals surface area (Å²) in [6, 6.07) is 16.4. The summed E-state index contributed by atoms with van der Waals surface area (Å²) in [5.41, 5.74) is 2.20. The first kappa shape index (κ1) is 21.9. The number of anilines is 1. The van der Waals surface area contributed by atoms with E-state index in [0.717, 1.165) is 0 Å². The molecule has 2 aromatic carbocycles. The van der Waals surface area contributed by atoms with Gasteiger partial charge in [0.1, 0.15) is 5.56 Å². The number of aromatic nitrogens is 3. The molecule has 0 bridgehead atoms. The van der Waals surface area contributed by atoms with Crippen LogP contribution in [0, 0.1) is 6.92 Å². The second-order valence-electron chi connectivity index (χ2n) is 7.83. The number of carbonyl (C=O) groups excluding carboxylic acids is 4. The number of nitrogens with one attached hydrogen (secondary N) is 1. The van der Waals surface area contributed by atoms with E-state index < -0.39 is 18.5 Å². The van der Waals surface area contributed by atoms with Gasteiger partial charge in [0.15, 0.2) is 24.0 Å². The zero-order valence-corrected chi connectivity index (χ0v) is 18.5. The van der Waals surface area contributed by atoms with Crippen molar-refractivity contribution in [3.05, 3.63) is 107 Å². The van der Waals surface area contributed by atoms with E-state index in [2.05, 4.69) is 15.4 Å². The Morgan fingerprint density at radius 2 is 1.60 bits per heavy atom. The van der Waals surface area contributed by atoms with E-state index in [1.54, 1.807) is 55.6 Å². The lowest BCUT2D eigenvalue weighted by Gasteiger charge is -2.18. The summed E-state index contributed by atoms with van der Waals surface area (Å²) in [4.78, 5) is 54.7. The molecule has 1 amide bonds. The predicted octanol–water partition coefficient (Wildman–Crippen LogP) is 3.15. The van der Waals surface area contributed by atoms with Crippen LogP contribution in [0.4, 0.5) is 5.69 Å². The second kappa shape index (κ2) is 8.79. The molecular weight excluding hydrogens is 448 g/mol. The number of benzene rings is 2. The maximum absolute atomic E-state index is 12.9. The summed E-state index contributed by atoms with van der Waals surface area (Å²) in [5, 5.41) is 6.76. The minimum atomic E-state index is -0.706. The van der Waals surface area contributed by atoms with Gasteiger partial charge in [0.2, 0.25) is 0 Å². The Morgan fingerprint density at radius 1 is 0.914 bits per heavy atom. The van der Waals surface area contributed by atoms with Gasteiger partial charge in [-0.2, -0.15) is 5.10 Å². The number of hydrogen-bond donors (Lipinski definition) is 1. The highest BCUT2D eigenvalue weighted by atomic mass is 16.5. The SMILES string of the molecule is Cc1c(C(=O)OCC(=O)Nc2ccc3c(c2)C(=O)c2ccccc2C3=O)cnn1-c1ccccn1. The van der Waals surface area contributed by atoms with E-state index >= 15 is 0 Å². The molecule has 0 atom stereocenters. The maximum atomic E-state index is 12.9. The number of rotatable bonds is 5. The Balaban J connectivity index is 1.26. The number of esters is 1. The quantitative estimate of drug-likeness (QED) is 0.395. The van der Waals surface area contributed by atoms with Gasteiger partial charge in [0, 0.05) is 34.1 Å². The highest BCUT2D eigenvalue weighted by molar-refractivity contribution is 6.28. The highest BCUT2D eigenvalue weighted by Crippen LogP contribution is 2.29. The molecule has 1 aliphatic carbocycles. The lowest BCUT2D eigenvalue weighted by atomic mass is 9.84. The number of carbonyl (C=O) groups is 4. The standard InChI is InChI=1S/C26H18N4O5/c1-15-21(13-28-30(15)22-8-4-5-11-27-22)26(34)35-14-23(31)29-16-9-10-19-20(12-16)25(33)18-7-3-2-6-17(18)24(19)32/h2-13H,14H2,1H3,(H,29,31). The molecule has 1 aliphatic rings. The Hall–Kier alpha value is -4.92. The fraction of sp³-hybridized carbons (Fsp3) is 0.0769. The molecule has 0 spiro atoms. The molecule has 4 aromatic rings. The van der Waals surface area contributed by atoms with Crippen LogP contribution in [0.1, 0.15) is 47.9 Å². The lowest BCUT2D eigenvalue weighted by molar-refractivity contribution is -0.119. The van der Waals surface area contributed by atoms with Gasteiger partial charge < -0.3 is 10.1 Å². The molecule has 0 fully saturated rings. The van der Waals surface area contributed by atoms with Crippen molar-refractivity contribution >= 4 is 29.1 Å². The van der Waals surface area contributed by atoms with Crippen molar-refractivity contribution in [2.45, 2.75) is 6.92 Å². The Bertz CT molecular complexity index is 1510. The molecule has 9 heteroatoms. The summed E-state index contributed by atoms with van der Waals surface area (Å²) < 4.78 is 6.64. The van der Waals surface area contributed by atoms with Crippen molar-refractivity contribution in [1.29, 1.82) is 0 Å². The third-order valence-corrected chi connectivity index (χ3v) is 5.64. The first-order valence-electron chi connectivity index (χ1n) is 10.7. The fourth-order valence-corrected chi connectivity index (χ4v) is 3.90. The lowest BCUT2D eigenvalue weighted by Crippen LogP contribution is -2.23. The van der Waals surface area contributed by atoms with Gasteiger partial charge in [-0.05, 0) is 37.3 Å². The minimum absolute atomic E-state index is 0.208. The van der Waals surface area contributed by atoms with E-state index in [-0.39, 0.29) is 28.3 Å². The summed E-state index contributed by atoms with van der Waals surface area (Å²) in [7, 11) is 0. The first-order chi connectivity index (χ1) is 16.9. The molecule has 35 heavy (non-hydrogen) atoms. The molecule has 172 valence electrons. The molecule has 2 aromatic heterocycles. The highest BCUT2D eigenvalue weighted by Gasteiger charge is 2.29. The third kappa shape index (κ3) is 3.99. The van der Waals surface area contributed by atoms with Crippen LogP contribution in [0.3, 0.4) is 0 Å². The third-order valence-electron chi connectivity index (χ3n) is 5.64. The number of amides is 1. The molecule has 2 heterocycles. The van der Waals surface area contributed by atoms with Gasteiger partial charge in [-0.1, -0.05) is 30.3 Å². The fourth-order valence-electron chi connectivity index (χ4n) is 3.90. The smallest absolute Gasteiger partial charge is 0.342 e. The van der Waals surface area contributed by atoms with Crippen molar-refractivity contribution in [2.24, 2.45) is 0 Å².